The van der Waals surface area contributed by atoms with Crippen LogP contribution in [0.1, 0.15) is 21.6 Å². The summed E-state index contributed by atoms with van der Waals surface area (Å²) in [4.78, 5) is 18.1. The number of aromatic amines is 1. The first-order valence-electron chi connectivity index (χ1n) is 8.61. The standard InChI is InChI=1S/C19H15FN6O/c20-13-3-6-17-15(9-13)16-10-25(8-7-18(16)22-17)19(27)12-1-4-14(5-2-12)26-11-21-23-24-26/h1-6,9,11,22H,7-8,10H2. The number of hydrogen-bond acceptors (Lipinski definition) is 4. The molecule has 3 heterocycles. The Morgan fingerprint density at radius 1 is 1.15 bits per heavy atom. The molecule has 0 saturated carbocycles. The lowest BCUT2D eigenvalue weighted by molar-refractivity contribution is 0.0735. The van der Waals surface area contributed by atoms with Crippen LogP contribution < -0.4 is 0 Å². The van der Waals surface area contributed by atoms with Gasteiger partial charge in [-0.25, -0.2) is 9.07 Å². The van der Waals surface area contributed by atoms with Crippen LogP contribution in [0.15, 0.2) is 48.8 Å². The molecule has 0 aliphatic carbocycles. The van der Waals surface area contributed by atoms with Crippen LogP contribution in [-0.2, 0) is 13.0 Å². The number of H-pyrrole nitrogens is 1. The molecule has 0 unspecified atom stereocenters. The molecule has 0 bridgehead atoms. The second-order valence-electron chi connectivity index (χ2n) is 6.55. The van der Waals surface area contributed by atoms with Crippen LogP contribution in [-0.4, -0.2) is 42.5 Å². The molecule has 1 amide bonds. The Morgan fingerprint density at radius 3 is 2.78 bits per heavy atom. The van der Waals surface area contributed by atoms with Crippen LogP contribution >= 0.6 is 0 Å². The van der Waals surface area contributed by atoms with E-state index in [0.29, 0.717) is 18.7 Å². The van der Waals surface area contributed by atoms with Gasteiger partial charge in [0.1, 0.15) is 12.1 Å². The van der Waals surface area contributed by atoms with E-state index in [2.05, 4.69) is 20.5 Å². The van der Waals surface area contributed by atoms with Crippen molar-refractivity contribution < 1.29 is 9.18 Å². The van der Waals surface area contributed by atoms with Crippen LogP contribution in [0.3, 0.4) is 0 Å². The second kappa shape index (κ2) is 6.01. The molecule has 7 nitrogen and oxygen atoms in total. The van der Waals surface area contributed by atoms with Crippen molar-refractivity contribution in [2.24, 2.45) is 0 Å². The Balaban J connectivity index is 1.42. The van der Waals surface area contributed by atoms with Crippen LogP contribution in [0, 0.1) is 5.82 Å². The highest BCUT2D eigenvalue weighted by molar-refractivity contribution is 5.95. The van der Waals surface area contributed by atoms with Crippen LogP contribution in [0.4, 0.5) is 4.39 Å². The summed E-state index contributed by atoms with van der Waals surface area (Å²) in [6.45, 7) is 1.09. The average molecular weight is 362 g/mol. The predicted molar refractivity (Wildman–Crippen MR) is 95.9 cm³/mol. The van der Waals surface area contributed by atoms with E-state index < -0.39 is 0 Å². The number of aromatic nitrogens is 5. The van der Waals surface area contributed by atoms with Gasteiger partial charge in [-0.05, 0) is 52.9 Å². The summed E-state index contributed by atoms with van der Waals surface area (Å²) in [6.07, 6.45) is 2.22. The van der Waals surface area contributed by atoms with E-state index in [0.717, 1.165) is 34.3 Å². The molecule has 5 rings (SSSR count). The third kappa shape index (κ3) is 2.66. The Labute approximate surface area is 153 Å². The summed E-state index contributed by atoms with van der Waals surface area (Å²) >= 11 is 0. The van der Waals surface area contributed by atoms with Gasteiger partial charge in [-0.1, -0.05) is 0 Å². The number of tetrazole rings is 1. The molecule has 0 fully saturated rings. The van der Waals surface area contributed by atoms with Crippen molar-refractivity contribution >= 4 is 16.8 Å². The number of carbonyl (C=O) groups is 1. The van der Waals surface area contributed by atoms with Gasteiger partial charge in [-0.3, -0.25) is 4.79 Å². The van der Waals surface area contributed by atoms with Gasteiger partial charge < -0.3 is 9.88 Å². The zero-order valence-electron chi connectivity index (χ0n) is 14.3. The fourth-order valence-corrected chi connectivity index (χ4v) is 3.58. The molecule has 0 saturated heterocycles. The largest absolute Gasteiger partial charge is 0.358 e. The third-order valence-electron chi connectivity index (χ3n) is 4.95. The molecule has 8 heteroatoms. The summed E-state index contributed by atoms with van der Waals surface area (Å²) in [5, 5.41) is 11.9. The number of hydrogen-bond donors (Lipinski definition) is 1. The highest BCUT2D eigenvalue weighted by Crippen LogP contribution is 2.29. The third-order valence-corrected chi connectivity index (χ3v) is 4.95. The zero-order valence-corrected chi connectivity index (χ0v) is 14.3. The van der Waals surface area contributed by atoms with Crippen LogP contribution in [0.25, 0.3) is 16.6 Å². The lowest BCUT2D eigenvalue weighted by Gasteiger charge is -2.27. The van der Waals surface area contributed by atoms with E-state index in [9.17, 15) is 9.18 Å². The van der Waals surface area contributed by atoms with Gasteiger partial charge in [0.25, 0.3) is 5.91 Å². The minimum Gasteiger partial charge on any atom is -0.358 e. The second-order valence-corrected chi connectivity index (χ2v) is 6.55. The number of rotatable bonds is 2. The molecule has 134 valence electrons. The molecular weight excluding hydrogens is 347 g/mol. The number of nitrogens with one attached hydrogen (secondary N) is 1. The molecule has 1 aliphatic rings. The molecule has 4 aromatic rings. The lowest BCUT2D eigenvalue weighted by Crippen LogP contribution is -2.35. The number of amides is 1. The SMILES string of the molecule is O=C(c1ccc(-n2cnnn2)cc1)N1CCc2[nH]c3ccc(F)cc3c2C1. The summed E-state index contributed by atoms with van der Waals surface area (Å²) in [5.41, 5.74) is 4.36. The number of carbonyl (C=O) groups excluding carboxylic acids is 1. The maximum absolute atomic E-state index is 13.6. The molecule has 0 atom stereocenters. The van der Waals surface area contributed by atoms with E-state index in [4.69, 9.17) is 0 Å². The monoisotopic (exact) mass is 362 g/mol. The van der Waals surface area contributed by atoms with Gasteiger partial charge in [0.15, 0.2) is 0 Å². The van der Waals surface area contributed by atoms with Crippen molar-refractivity contribution in [2.75, 3.05) is 6.54 Å². The minimum atomic E-state index is -0.272. The van der Waals surface area contributed by atoms with Gasteiger partial charge in [0.2, 0.25) is 0 Å². The van der Waals surface area contributed by atoms with Crippen molar-refractivity contribution in [1.82, 2.24) is 30.1 Å². The van der Waals surface area contributed by atoms with Crippen molar-refractivity contribution in [3.63, 3.8) is 0 Å². The first-order valence-corrected chi connectivity index (χ1v) is 8.61. The quantitative estimate of drug-likeness (QED) is 0.594. The summed E-state index contributed by atoms with van der Waals surface area (Å²) in [7, 11) is 0. The fraction of sp³-hybridized carbons (Fsp3) is 0.158. The average Bonchev–Trinajstić information content (AvgIpc) is 3.35. The molecule has 2 aromatic heterocycles. The van der Waals surface area contributed by atoms with Gasteiger partial charge in [0, 0.05) is 47.2 Å². The van der Waals surface area contributed by atoms with Gasteiger partial charge in [0.05, 0.1) is 5.69 Å². The van der Waals surface area contributed by atoms with E-state index in [1.807, 2.05) is 0 Å². The Hall–Kier alpha value is -3.55. The van der Waals surface area contributed by atoms with Crippen molar-refractivity contribution in [1.29, 1.82) is 0 Å². The molecule has 27 heavy (non-hydrogen) atoms. The maximum Gasteiger partial charge on any atom is 0.254 e. The summed E-state index contributed by atoms with van der Waals surface area (Å²) in [5.74, 6) is -0.319. The molecule has 2 aromatic carbocycles. The maximum atomic E-state index is 13.6. The summed E-state index contributed by atoms with van der Waals surface area (Å²) in [6, 6.07) is 11.9. The smallest absolute Gasteiger partial charge is 0.254 e. The number of nitrogens with zero attached hydrogens (tertiary/aromatic N) is 5. The topological polar surface area (TPSA) is 79.7 Å². The summed E-state index contributed by atoms with van der Waals surface area (Å²) < 4.78 is 15.2. The first kappa shape index (κ1) is 15.7. The Kier molecular flexibility index (Phi) is 3.49. The van der Waals surface area contributed by atoms with E-state index in [1.165, 1.54) is 23.1 Å². The Morgan fingerprint density at radius 2 is 2.00 bits per heavy atom. The predicted octanol–water partition coefficient (Wildman–Crippen LogP) is 2.48. The molecule has 0 spiro atoms. The van der Waals surface area contributed by atoms with E-state index >= 15 is 0 Å². The normalized spacial score (nSPS) is 13.7. The number of fused-ring (bicyclic) bond motifs is 3. The number of benzene rings is 2. The van der Waals surface area contributed by atoms with E-state index in [-0.39, 0.29) is 11.7 Å². The highest BCUT2D eigenvalue weighted by Gasteiger charge is 2.25. The molecule has 0 radical (unpaired) electrons. The van der Waals surface area contributed by atoms with E-state index in [1.54, 1.807) is 35.2 Å². The van der Waals surface area contributed by atoms with Gasteiger partial charge in [-0.2, -0.15) is 0 Å². The highest BCUT2D eigenvalue weighted by atomic mass is 19.1. The Bertz CT molecular complexity index is 1130. The molecule has 1 N–H and O–H groups in total. The van der Waals surface area contributed by atoms with Crippen molar-refractivity contribution in [2.45, 2.75) is 13.0 Å². The minimum absolute atomic E-state index is 0.0466. The molecular formula is C19H15FN6O. The van der Waals surface area contributed by atoms with Crippen molar-refractivity contribution in [3.05, 3.63) is 71.4 Å². The van der Waals surface area contributed by atoms with Crippen LogP contribution in [0.5, 0.6) is 0 Å². The van der Waals surface area contributed by atoms with Crippen LogP contribution in [0.2, 0.25) is 0 Å². The fourth-order valence-electron chi connectivity index (χ4n) is 3.58. The first-order chi connectivity index (χ1) is 13.2. The van der Waals surface area contributed by atoms with Crippen molar-refractivity contribution in [3.8, 4) is 5.69 Å². The number of halogens is 1. The molecule has 1 aliphatic heterocycles. The zero-order chi connectivity index (χ0) is 18.4. The lowest BCUT2D eigenvalue weighted by atomic mass is 10.0. The van der Waals surface area contributed by atoms with Gasteiger partial charge in [-0.15, -0.1) is 5.10 Å². The van der Waals surface area contributed by atoms with Gasteiger partial charge >= 0.3 is 0 Å².